The molecule has 3 aliphatic rings. The minimum absolute atomic E-state index is 0.103. The molecule has 0 radical (unpaired) electrons. The van der Waals surface area contributed by atoms with Gasteiger partial charge in [-0.05, 0) is 37.9 Å². The number of aliphatic hydroxyl groups is 1. The van der Waals surface area contributed by atoms with Crippen molar-refractivity contribution < 1.29 is 14.3 Å². The summed E-state index contributed by atoms with van der Waals surface area (Å²) in [5.74, 6) is 0.272. The van der Waals surface area contributed by atoms with Gasteiger partial charge < -0.3 is 14.3 Å². The average Bonchev–Trinajstić information content (AvgIpc) is 2.95. The van der Waals surface area contributed by atoms with Crippen LogP contribution in [0.25, 0.3) is 0 Å². The quantitative estimate of drug-likeness (QED) is 0.627. The second-order valence-corrected chi connectivity index (χ2v) is 13.5. The molecule has 4 heteroatoms. The third kappa shape index (κ3) is 1.81. The van der Waals surface area contributed by atoms with Crippen molar-refractivity contribution in [1.82, 2.24) is 0 Å². The second kappa shape index (κ2) is 4.09. The maximum absolute atomic E-state index is 11.2. The minimum atomic E-state index is -1.82. The Morgan fingerprint density at radius 3 is 2.50 bits per heavy atom. The lowest BCUT2D eigenvalue weighted by molar-refractivity contribution is -0.125. The number of hydrogen-bond acceptors (Lipinski definition) is 3. The first-order valence-electron chi connectivity index (χ1n) is 8.11. The fourth-order valence-electron chi connectivity index (χ4n) is 4.07. The van der Waals surface area contributed by atoms with Crippen LogP contribution in [-0.4, -0.2) is 36.8 Å². The van der Waals surface area contributed by atoms with E-state index >= 15 is 0 Å². The highest BCUT2D eigenvalue weighted by molar-refractivity contribution is 6.74. The number of fused-ring (bicyclic) bond motifs is 3. The van der Waals surface area contributed by atoms with Gasteiger partial charge in [-0.15, -0.1) is 0 Å². The van der Waals surface area contributed by atoms with Crippen LogP contribution in [0.15, 0.2) is 0 Å². The molecule has 20 heavy (non-hydrogen) atoms. The Kier molecular flexibility index (Phi) is 3.07. The summed E-state index contributed by atoms with van der Waals surface area (Å²) in [6.07, 6.45) is 4.52. The van der Waals surface area contributed by atoms with Crippen molar-refractivity contribution in [3.8, 4) is 0 Å². The van der Waals surface area contributed by atoms with Gasteiger partial charge in [0.2, 0.25) is 0 Å². The van der Waals surface area contributed by atoms with Crippen LogP contribution in [0, 0.1) is 5.92 Å². The van der Waals surface area contributed by atoms with Gasteiger partial charge in [-0.25, -0.2) is 0 Å². The lowest BCUT2D eigenvalue weighted by Gasteiger charge is -2.45. The molecule has 1 aliphatic heterocycles. The van der Waals surface area contributed by atoms with Crippen molar-refractivity contribution >= 4 is 8.32 Å². The summed E-state index contributed by atoms with van der Waals surface area (Å²) in [6.45, 7) is 13.5. The first kappa shape index (κ1) is 15.0. The summed E-state index contributed by atoms with van der Waals surface area (Å²) in [5, 5.41) is 11.4. The molecule has 2 aliphatic carbocycles. The Labute approximate surface area is 124 Å². The van der Waals surface area contributed by atoms with E-state index in [2.05, 4.69) is 40.8 Å². The van der Waals surface area contributed by atoms with Gasteiger partial charge in [-0.1, -0.05) is 33.6 Å². The summed E-state index contributed by atoms with van der Waals surface area (Å²) in [4.78, 5) is 0. The fourth-order valence-corrected chi connectivity index (χ4v) is 5.39. The van der Waals surface area contributed by atoms with Gasteiger partial charge in [0.05, 0.1) is 6.10 Å². The van der Waals surface area contributed by atoms with Crippen LogP contribution in [0.4, 0.5) is 0 Å². The summed E-state index contributed by atoms with van der Waals surface area (Å²) in [6, 6.07) is 0. The molecular weight excluding hydrogens is 268 g/mol. The third-order valence-corrected chi connectivity index (χ3v) is 11.1. The summed E-state index contributed by atoms with van der Waals surface area (Å²) >= 11 is 0. The summed E-state index contributed by atoms with van der Waals surface area (Å²) in [5.41, 5.74) is -0.992. The largest absolute Gasteiger partial charge is 0.411 e. The van der Waals surface area contributed by atoms with E-state index in [4.69, 9.17) is 9.16 Å². The van der Waals surface area contributed by atoms with Gasteiger partial charge in [-0.2, -0.15) is 0 Å². The van der Waals surface area contributed by atoms with Crippen LogP contribution in [0.3, 0.4) is 0 Å². The van der Waals surface area contributed by atoms with Crippen molar-refractivity contribution in [3.05, 3.63) is 0 Å². The number of rotatable bonds is 2. The van der Waals surface area contributed by atoms with Crippen molar-refractivity contribution in [3.63, 3.8) is 0 Å². The number of ether oxygens (including phenoxy) is 1. The number of epoxide rings is 1. The van der Waals surface area contributed by atoms with Crippen LogP contribution in [0.2, 0.25) is 18.1 Å². The maximum atomic E-state index is 11.2. The maximum Gasteiger partial charge on any atom is 0.192 e. The molecule has 3 rings (SSSR count). The van der Waals surface area contributed by atoms with Crippen LogP contribution in [0.5, 0.6) is 0 Å². The van der Waals surface area contributed by atoms with Crippen LogP contribution >= 0.6 is 0 Å². The Morgan fingerprint density at radius 2 is 1.90 bits per heavy atom. The molecule has 0 bridgehead atoms. The SMILES string of the molecule is CC(C)(C)[Si](C)(C)OC1[C@@H]2CCCC[C@]2(O)[C@@]2(C)O[C@@H]12. The van der Waals surface area contributed by atoms with E-state index in [9.17, 15) is 5.11 Å². The molecule has 1 saturated heterocycles. The first-order chi connectivity index (χ1) is 9.03. The highest BCUT2D eigenvalue weighted by atomic mass is 28.4. The van der Waals surface area contributed by atoms with Gasteiger partial charge >= 0.3 is 0 Å². The second-order valence-electron chi connectivity index (χ2n) is 8.76. The van der Waals surface area contributed by atoms with Crippen LogP contribution < -0.4 is 0 Å². The topological polar surface area (TPSA) is 42.0 Å². The zero-order chi connectivity index (χ0) is 15.0. The molecule has 2 saturated carbocycles. The molecule has 0 spiro atoms. The van der Waals surface area contributed by atoms with Crippen LogP contribution in [-0.2, 0) is 9.16 Å². The van der Waals surface area contributed by atoms with Gasteiger partial charge in [-0.3, -0.25) is 0 Å². The fraction of sp³-hybridized carbons (Fsp3) is 1.00. The van der Waals surface area contributed by atoms with E-state index in [0.29, 0.717) is 0 Å². The lowest BCUT2D eigenvalue weighted by Crippen LogP contribution is -2.53. The van der Waals surface area contributed by atoms with Crippen molar-refractivity contribution in [2.75, 3.05) is 0 Å². The molecule has 116 valence electrons. The minimum Gasteiger partial charge on any atom is -0.411 e. The zero-order valence-electron chi connectivity index (χ0n) is 13.8. The Morgan fingerprint density at radius 1 is 1.25 bits per heavy atom. The van der Waals surface area contributed by atoms with E-state index in [1.165, 1.54) is 6.42 Å². The van der Waals surface area contributed by atoms with E-state index < -0.39 is 13.9 Å². The first-order valence-corrected chi connectivity index (χ1v) is 11.0. The third-order valence-electron chi connectivity index (χ3n) is 6.59. The summed E-state index contributed by atoms with van der Waals surface area (Å²) < 4.78 is 12.6. The molecule has 1 heterocycles. The molecule has 1 N–H and O–H groups in total. The van der Waals surface area contributed by atoms with Crippen molar-refractivity contribution in [1.29, 1.82) is 0 Å². The Hall–Kier alpha value is 0.0969. The van der Waals surface area contributed by atoms with Gasteiger partial charge in [0.25, 0.3) is 0 Å². The normalized spacial score (nSPS) is 47.9. The highest BCUT2D eigenvalue weighted by Crippen LogP contribution is 2.64. The number of hydrogen-bond donors (Lipinski definition) is 1. The van der Waals surface area contributed by atoms with E-state index in [0.717, 1.165) is 19.3 Å². The molecule has 0 amide bonds. The molecule has 0 aromatic rings. The predicted molar refractivity (Wildman–Crippen MR) is 82.3 cm³/mol. The zero-order valence-corrected chi connectivity index (χ0v) is 14.8. The van der Waals surface area contributed by atoms with E-state index in [-0.39, 0.29) is 28.8 Å². The monoisotopic (exact) mass is 298 g/mol. The van der Waals surface area contributed by atoms with Crippen molar-refractivity contribution in [2.45, 2.75) is 94.9 Å². The van der Waals surface area contributed by atoms with Gasteiger partial charge in [0.15, 0.2) is 8.32 Å². The van der Waals surface area contributed by atoms with E-state index in [1.54, 1.807) is 0 Å². The highest BCUT2D eigenvalue weighted by Gasteiger charge is 2.78. The van der Waals surface area contributed by atoms with Gasteiger partial charge in [0.1, 0.15) is 17.3 Å². The molecule has 1 unspecified atom stereocenters. The molecule has 5 atom stereocenters. The average molecular weight is 298 g/mol. The van der Waals surface area contributed by atoms with Crippen LogP contribution in [0.1, 0.15) is 53.4 Å². The molecule has 0 aromatic carbocycles. The summed E-state index contributed by atoms with van der Waals surface area (Å²) in [7, 11) is -1.82. The molecule has 0 aromatic heterocycles. The van der Waals surface area contributed by atoms with E-state index in [1.807, 2.05) is 0 Å². The standard InChI is InChI=1S/C16H30O3Si/c1-14(2,3)20(5,6)19-12-11-9-7-8-10-16(11,17)15(4)13(12)18-15/h11-13,17H,7-10H2,1-6H3/t11-,12?,13-,15-,16+/m0/s1. The Bertz CT molecular complexity index is 416. The molecular formula is C16H30O3Si. The molecule has 3 fully saturated rings. The molecule has 3 nitrogen and oxygen atoms in total. The van der Waals surface area contributed by atoms with Gasteiger partial charge in [0, 0.05) is 5.92 Å². The van der Waals surface area contributed by atoms with Crippen molar-refractivity contribution in [2.24, 2.45) is 5.92 Å². The lowest BCUT2D eigenvalue weighted by atomic mass is 9.73. The smallest absolute Gasteiger partial charge is 0.192 e. The Balaban J connectivity index is 1.85. The predicted octanol–water partition coefficient (Wildman–Crippen LogP) is 3.47.